The van der Waals surface area contributed by atoms with Gasteiger partial charge in [0, 0.05) is 18.4 Å². The zero-order valence-electron chi connectivity index (χ0n) is 20.8. The smallest absolute Gasteiger partial charge is 0.0873 e. The van der Waals surface area contributed by atoms with Crippen molar-refractivity contribution in [2.24, 2.45) is 5.73 Å². The quantitative estimate of drug-likeness (QED) is 0.399. The SMILES string of the molecule is CC.CC(=N)N.CCCN(CCC)Cc1cccnc1C.CCc1ccc(C)cc1. The Kier molecular flexibility index (Phi) is 20.1. The number of amidine groups is 1. The molecule has 2 aromatic rings. The van der Waals surface area contributed by atoms with Gasteiger partial charge in [-0.05, 0) is 70.3 Å². The van der Waals surface area contributed by atoms with E-state index in [1.165, 1.54) is 49.5 Å². The van der Waals surface area contributed by atoms with Gasteiger partial charge >= 0.3 is 0 Å². The van der Waals surface area contributed by atoms with E-state index in [4.69, 9.17) is 11.1 Å². The fourth-order valence-corrected chi connectivity index (χ4v) is 2.65. The fourth-order valence-electron chi connectivity index (χ4n) is 2.65. The molecule has 1 heterocycles. The maximum atomic E-state index is 6.28. The van der Waals surface area contributed by atoms with Gasteiger partial charge in [0.25, 0.3) is 0 Å². The third-order valence-corrected chi connectivity index (χ3v) is 4.12. The first-order chi connectivity index (χ1) is 14.3. The highest BCUT2D eigenvalue weighted by atomic mass is 15.1. The second kappa shape index (κ2) is 20.1. The van der Waals surface area contributed by atoms with Crippen LogP contribution in [0.4, 0.5) is 0 Å². The lowest BCUT2D eigenvalue weighted by molar-refractivity contribution is 0.265. The van der Waals surface area contributed by atoms with Crippen molar-refractivity contribution in [1.29, 1.82) is 5.41 Å². The molecule has 0 atom stereocenters. The van der Waals surface area contributed by atoms with Crippen molar-refractivity contribution in [1.82, 2.24) is 9.88 Å². The monoisotopic (exact) mass is 414 g/mol. The Morgan fingerprint density at radius 2 is 1.47 bits per heavy atom. The van der Waals surface area contributed by atoms with Crippen LogP contribution in [-0.4, -0.2) is 28.8 Å². The Morgan fingerprint density at radius 1 is 0.967 bits per heavy atom. The molecule has 4 heteroatoms. The van der Waals surface area contributed by atoms with Crippen LogP contribution in [0.25, 0.3) is 0 Å². The molecule has 3 N–H and O–H groups in total. The Labute approximate surface area is 186 Å². The summed E-state index contributed by atoms with van der Waals surface area (Å²) in [5.41, 5.74) is 9.97. The van der Waals surface area contributed by atoms with Crippen molar-refractivity contribution in [3.63, 3.8) is 0 Å². The first kappa shape index (κ1) is 30.0. The molecule has 0 bridgehead atoms. The minimum atomic E-state index is 0.167. The number of nitrogens with zero attached hydrogens (tertiary/aromatic N) is 2. The summed E-state index contributed by atoms with van der Waals surface area (Å²) in [6, 6.07) is 12.9. The molecule has 0 saturated carbocycles. The van der Waals surface area contributed by atoms with Crippen LogP contribution < -0.4 is 5.73 Å². The summed E-state index contributed by atoms with van der Waals surface area (Å²) < 4.78 is 0. The summed E-state index contributed by atoms with van der Waals surface area (Å²) >= 11 is 0. The maximum absolute atomic E-state index is 6.28. The number of pyridine rings is 1. The third kappa shape index (κ3) is 16.7. The first-order valence-electron chi connectivity index (χ1n) is 11.3. The average Bonchev–Trinajstić information content (AvgIpc) is 2.72. The Balaban J connectivity index is 0. The van der Waals surface area contributed by atoms with E-state index in [-0.39, 0.29) is 5.84 Å². The largest absolute Gasteiger partial charge is 0.388 e. The Morgan fingerprint density at radius 3 is 1.87 bits per heavy atom. The molecule has 0 spiro atoms. The minimum absolute atomic E-state index is 0.167. The summed E-state index contributed by atoms with van der Waals surface area (Å²) in [6.07, 6.45) is 5.45. The maximum Gasteiger partial charge on any atom is 0.0873 e. The van der Waals surface area contributed by atoms with E-state index in [1.807, 2.05) is 26.1 Å². The van der Waals surface area contributed by atoms with Gasteiger partial charge in [0.15, 0.2) is 0 Å². The second-order valence-corrected chi connectivity index (χ2v) is 7.05. The number of aromatic nitrogens is 1. The van der Waals surface area contributed by atoms with E-state index in [1.54, 1.807) is 0 Å². The van der Waals surface area contributed by atoms with Crippen molar-refractivity contribution in [3.8, 4) is 0 Å². The van der Waals surface area contributed by atoms with Crippen LogP contribution in [-0.2, 0) is 13.0 Å². The van der Waals surface area contributed by atoms with Crippen LogP contribution in [0.5, 0.6) is 0 Å². The second-order valence-electron chi connectivity index (χ2n) is 7.05. The summed E-state index contributed by atoms with van der Waals surface area (Å²) in [5, 5.41) is 6.28. The molecule has 0 fully saturated rings. The number of hydrogen-bond donors (Lipinski definition) is 2. The predicted molar refractivity (Wildman–Crippen MR) is 134 cm³/mol. The molecule has 0 unspecified atom stereocenters. The summed E-state index contributed by atoms with van der Waals surface area (Å²) in [6.45, 7) is 19.8. The first-order valence-corrected chi connectivity index (χ1v) is 11.3. The molecular weight excluding hydrogens is 368 g/mol. The highest BCUT2D eigenvalue weighted by molar-refractivity contribution is 5.73. The number of nitrogens with one attached hydrogen (secondary N) is 1. The molecular formula is C26H46N4. The molecule has 0 aliphatic heterocycles. The van der Waals surface area contributed by atoms with E-state index < -0.39 is 0 Å². The molecule has 0 aliphatic rings. The van der Waals surface area contributed by atoms with Gasteiger partial charge in [-0.15, -0.1) is 0 Å². The van der Waals surface area contributed by atoms with Gasteiger partial charge in [0.2, 0.25) is 0 Å². The highest BCUT2D eigenvalue weighted by Gasteiger charge is 2.05. The van der Waals surface area contributed by atoms with Crippen molar-refractivity contribution in [3.05, 3.63) is 65.0 Å². The zero-order chi connectivity index (χ0) is 23.4. The molecule has 30 heavy (non-hydrogen) atoms. The van der Waals surface area contributed by atoms with Crippen LogP contribution in [0.15, 0.2) is 42.6 Å². The van der Waals surface area contributed by atoms with E-state index in [2.05, 4.69) is 74.8 Å². The minimum Gasteiger partial charge on any atom is -0.388 e. The summed E-state index contributed by atoms with van der Waals surface area (Å²) in [5.74, 6) is 0.167. The normalized spacial score (nSPS) is 9.37. The fraction of sp³-hybridized carbons (Fsp3) is 0.538. The van der Waals surface area contributed by atoms with E-state index in [0.29, 0.717) is 0 Å². The molecule has 170 valence electrons. The molecule has 2 rings (SSSR count). The lowest BCUT2D eigenvalue weighted by Crippen LogP contribution is -2.25. The number of rotatable bonds is 7. The highest BCUT2D eigenvalue weighted by Crippen LogP contribution is 2.08. The predicted octanol–water partition coefficient (Wildman–Crippen LogP) is 6.54. The van der Waals surface area contributed by atoms with Crippen LogP contribution in [0.3, 0.4) is 0 Å². The van der Waals surface area contributed by atoms with Gasteiger partial charge in [-0.1, -0.05) is 70.5 Å². The van der Waals surface area contributed by atoms with Gasteiger partial charge in [-0.25, -0.2) is 0 Å². The van der Waals surface area contributed by atoms with Crippen molar-refractivity contribution < 1.29 is 0 Å². The summed E-state index contributed by atoms with van der Waals surface area (Å²) in [7, 11) is 0. The van der Waals surface area contributed by atoms with Gasteiger partial charge in [0.1, 0.15) is 0 Å². The molecule has 0 radical (unpaired) electrons. The van der Waals surface area contributed by atoms with Crippen LogP contribution in [0.1, 0.15) is 76.8 Å². The van der Waals surface area contributed by atoms with Crippen molar-refractivity contribution in [2.75, 3.05) is 13.1 Å². The van der Waals surface area contributed by atoms with E-state index in [9.17, 15) is 0 Å². The van der Waals surface area contributed by atoms with Crippen molar-refractivity contribution in [2.45, 2.75) is 81.2 Å². The number of hydrogen-bond acceptors (Lipinski definition) is 3. The van der Waals surface area contributed by atoms with E-state index in [0.717, 1.165) is 18.7 Å². The molecule has 0 aliphatic carbocycles. The lowest BCUT2D eigenvalue weighted by atomic mass is 10.1. The molecule has 0 amide bonds. The molecule has 4 nitrogen and oxygen atoms in total. The number of benzene rings is 1. The number of aryl methyl sites for hydroxylation is 3. The van der Waals surface area contributed by atoms with E-state index >= 15 is 0 Å². The van der Waals surface area contributed by atoms with Gasteiger partial charge < -0.3 is 5.73 Å². The van der Waals surface area contributed by atoms with Crippen molar-refractivity contribution >= 4 is 5.84 Å². The van der Waals surface area contributed by atoms with Crippen LogP contribution >= 0.6 is 0 Å². The van der Waals surface area contributed by atoms with Gasteiger partial charge in [-0.3, -0.25) is 15.3 Å². The van der Waals surface area contributed by atoms with Crippen LogP contribution in [0, 0.1) is 19.3 Å². The Bertz CT molecular complexity index is 640. The Hall–Kier alpha value is -2.20. The third-order valence-electron chi connectivity index (χ3n) is 4.12. The van der Waals surface area contributed by atoms with Crippen LogP contribution in [0.2, 0.25) is 0 Å². The molecule has 1 aromatic heterocycles. The average molecular weight is 415 g/mol. The number of nitrogens with two attached hydrogens (primary N) is 1. The molecule has 1 aromatic carbocycles. The zero-order valence-corrected chi connectivity index (χ0v) is 20.8. The lowest BCUT2D eigenvalue weighted by Gasteiger charge is -2.21. The topological polar surface area (TPSA) is 66.0 Å². The standard InChI is InChI=1S/C13H22N2.C9H12.C2H6N2.C2H6/c1-4-9-15(10-5-2)11-13-7-6-8-14-12(13)3;1-3-9-6-4-8(2)5-7-9;1-2(3)4;1-2/h6-8H,4-5,9-11H2,1-3H3;4-7H,3H2,1-2H3;1H3,(H3,3,4);1-2H3. The molecule has 0 saturated heterocycles. The van der Waals surface area contributed by atoms with Gasteiger partial charge in [-0.2, -0.15) is 0 Å². The summed E-state index contributed by atoms with van der Waals surface area (Å²) in [4.78, 5) is 6.83. The van der Waals surface area contributed by atoms with Gasteiger partial charge in [0.05, 0.1) is 5.84 Å².